The van der Waals surface area contributed by atoms with Gasteiger partial charge in [-0.3, -0.25) is 9.83 Å². The molecule has 0 bridgehead atoms. The number of rotatable bonds is 4. The largest absolute Gasteiger partial charge is 0.432 e. The summed E-state index contributed by atoms with van der Waals surface area (Å²) in [5, 5.41) is 12.4. The Bertz CT molecular complexity index is 1190. The number of halogens is 2. The lowest BCUT2D eigenvalue weighted by Gasteiger charge is -2.10. The van der Waals surface area contributed by atoms with Crippen LogP contribution in [0.25, 0.3) is 28.5 Å². The van der Waals surface area contributed by atoms with Crippen molar-refractivity contribution in [3.8, 4) is 22.6 Å². The smallest absolute Gasteiger partial charge is 0.306 e. The zero-order valence-corrected chi connectivity index (χ0v) is 16.0. The Labute approximate surface area is 165 Å². The Morgan fingerprint density at radius 3 is 2.69 bits per heavy atom. The van der Waals surface area contributed by atoms with Crippen molar-refractivity contribution in [3.05, 3.63) is 54.4 Å². The number of fused-ring (bicyclic) bond motifs is 1. The lowest BCUT2D eigenvalue weighted by atomic mass is 9.99. The average molecular weight is 396 g/mol. The maximum absolute atomic E-state index is 14.4. The van der Waals surface area contributed by atoms with Crippen molar-refractivity contribution in [3.63, 3.8) is 0 Å². The van der Waals surface area contributed by atoms with Crippen molar-refractivity contribution in [2.75, 3.05) is 5.43 Å². The molecule has 0 amide bonds. The van der Waals surface area contributed by atoms with Crippen molar-refractivity contribution in [2.45, 2.75) is 20.8 Å². The zero-order valence-electron chi connectivity index (χ0n) is 16.0. The Morgan fingerprint density at radius 1 is 1.14 bits per heavy atom. The van der Waals surface area contributed by atoms with Crippen LogP contribution in [0, 0.1) is 17.0 Å². The zero-order chi connectivity index (χ0) is 20.6. The molecular formula is C20H18F2N6O. The number of oxazole rings is 1. The van der Waals surface area contributed by atoms with Crippen LogP contribution >= 0.6 is 0 Å². The minimum Gasteiger partial charge on any atom is -0.432 e. The van der Waals surface area contributed by atoms with Gasteiger partial charge in [-0.25, -0.2) is 8.78 Å². The van der Waals surface area contributed by atoms with Gasteiger partial charge in [0.25, 0.3) is 0 Å². The number of nitrogens with one attached hydrogen (secondary N) is 1. The third-order valence-corrected chi connectivity index (χ3v) is 3.98. The number of aromatic nitrogens is 4. The van der Waals surface area contributed by atoms with E-state index in [0.29, 0.717) is 17.2 Å². The maximum atomic E-state index is 14.4. The molecule has 3 heterocycles. The van der Waals surface area contributed by atoms with Gasteiger partial charge in [0.15, 0.2) is 5.82 Å². The summed E-state index contributed by atoms with van der Waals surface area (Å²) in [6, 6.07) is 6.58. The Balaban J connectivity index is 1.75. The highest BCUT2D eigenvalue weighted by Crippen LogP contribution is 2.33. The molecule has 0 saturated carbocycles. The van der Waals surface area contributed by atoms with Crippen molar-refractivity contribution in [1.29, 1.82) is 0 Å². The van der Waals surface area contributed by atoms with E-state index in [9.17, 15) is 8.78 Å². The van der Waals surface area contributed by atoms with Gasteiger partial charge in [0, 0.05) is 18.0 Å². The molecule has 0 atom stereocenters. The standard InChI is InChI=1S/C20H18F2N6O/c1-20(2,3)11-23-26-16-7-6-15(25-27-16)18-17(24-19-28(18)8-9-29-19)13-10-12(21)4-5-14(13)22/h4-11H,1-3H3,(H,26,27)/b23-11-. The molecule has 0 aliphatic heterocycles. The van der Waals surface area contributed by atoms with E-state index in [4.69, 9.17) is 4.42 Å². The highest BCUT2D eigenvalue weighted by molar-refractivity contribution is 5.79. The van der Waals surface area contributed by atoms with Crippen LogP contribution in [0.2, 0.25) is 0 Å². The van der Waals surface area contributed by atoms with Gasteiger partial charge in [0.05, 0.1) is 0 Å². The van der Waals surface area contributed by atoms with Crippen molar-refractivity contribution >= 4 is 17.9 Å². The van der Waals surface area contributed by atoms with E-state index in [1.54, 1.807) is 28.9 Å². The summed E-state index contributed by atoms with van der Waals surface area (Å²) in [4.78, 5) is 4.30. The van der Waals surface area contributed by atoms with Gasteiger partial charge in [-0.15, -0.1) is 10.2 Å². The van der Waals surface area contributed by atoms with E-state index < -0.39 is 11.6 Å². The fourth-order valence-corrected chi connectivity index (χ4v) is 2.71. The minimum atomic E-state index is -0.601. The molecule has 0 unspecified atom stereocenters. The van der Waals surface area contributed by atoms with Crippen LogP contribution in [0.5, 0.6) is 0 Å². The monoisotopic (exact) mass is 396 g/mol. The van der Waals surface area contributed by atoms with Crippen molar-refractivity contribution in [1.82, 2.24) is 19.6 Å². The molecule has 4 aromatic rings. The van der Waals surface area contributed by atoms with Crippen molar-refractivity contribution in [2.24, 2.45) is 10.5 Å². The van der Waals surface area contributed by atoms with Gasteiger partial charge in [-0.1, -0.05) is 20.8 Å². The quantitative estimate of drug-likeness (QED) is 0.397. The van der Waals surface area contributed by atoms with Crippen LogP contribution in [-0.2, 0) is 0 Å². The highest BCUT2D eigenvalue weighted by atomic mass is 19.1. The molecule has 0 spiro atoms. The van der Waals surface area contributed by atoms with Crippen LogP contribution < -0.4 is 5.43 Å². The van der Waals surface area contributed by atoms with E-state index in [2.05, 4.69) is 25.7 Å². The second-order valence-corrected chi connectivity index (χ2v) is 7.53. The van der Waals surface area contributed by atoms with Gasteiger partial charge < -0.3 is 4.42 Å². The maximum Gasteiger partial charge on any atom is 0.306 e. The first-order valence-electron chi connectivity index (χ1n) is 8.87. The second-order valence-electron chi connectivity index (χ2n) is 7.53. The molecule has 0 fully saturated rings. The fraction of sp³-hybridized carbons (Fsp3) is 0.200. The lowest BCUT2D eigenvalue weighted by Crippen LogP contribution is -2.08. The molecule has 4 rings (SSSR count). The minimum absolute atomic E-state index is 0.0117. The predicted octanol–water partition coefficient (Wildman–Crippen LogP) is 4.77. The summed E-state index contributed by atoms with van der Waals surface area (Å²) in [7, 11) is 0. The van der Waals surface area contributed by atoms with Crippen LogP contribution in [0.3, 0.4) is 0 Å². The summed E-state index contributed by atoms with van der Waals surface area (Å²) in [6.45, 7) is 6.07. The van der Waals surface area contributed by atoms with E-state index in [1.165, 1.54) is 6.26 Å². The predicted molar refractivity (Wildman–Crippen MR) is 105 cm³/mol. The van der Waals surface area contributed by atoms with Crippen molar-refractivity contribution < 1.29 is 13.2 Å². The molecule has 9 heteroatoms. The summed E-state index contributed by atoms with van der Waals surface area (Å²) in [6.07, 6.45) is 4.83. The first kappa shape index (κ1) is 18.7. The molecule has 7 nitrogen and oxygen atoms in total. The van der Waals surface area contributed by atoms with E-state index in [0.717, 1.165) is 18.2 Å². The van der Waals surface area contributed by atoms with Gasteiger partial charge in [0.2, 0.25) is 0 Å². The normalized spacial score (nSPS) is 12.2. The molecule has 0 saturated heterocycles. The third-order valence-electron chi connectivity index (χ3n) is 3.98. The first-order chi connectivity index (χ1) is 13.8. The number of hydrogen-bond acceptors (Lipinski definition) is 6. The first-order valence-corrected chi connectivity index (χ1v) is 8.87. The second kappa shape index (κ2) is 7.08. The van der Waals surface area contributed by atoms with Crippen LogP contribution in [0.4, 0.5) is 14.6 Å². The number of imidazole rings is 1. The molecule has 29 heavy (non-hydrogen) atoms. The molecule has 0 radical (unpaired) electrons. The number of hydrogen-bond donors (Lipinski definition) is 1. The average Bonchev–Trinajstić information content (AvgIpc) is 3.24. The summed E-state index contributed by atoms with van der Waals surface area (Å²) < 4.78 is 35.0. The Morgan fingerprint density at radius 2 is 1.97 bits per heavy atom. The van der Waals surface area contributed by atoms with E-state index in [-0.39, 0.29) is 22.5 Å². The Kier molecular flexibility index (Phi) is 4.57. The van der Waals surface area contributed by atoms with Gasteiger partial charge in [0.1, 0.15) is 35.0 Å². The Hall–Kier alpha value is -3.62. The summed E-state index contributed by atoms with van der Waals surface area (Å²) >= 11 is 0. The molecule has 1 N–H and O–H groups in total. The van der Waals surface area contributed by atoms with E-state index in [1.807, 2.05) is 20.8 Å². The third kappa shape index (κ3) is 3.84. The number of benzene rings is 1. The molecule has 148 valence electrons. The van der Waals surface area contributed by atoms with Gasteiger partial charge >= 0.3 is 5.84 Å². The molecule has 3 aromatic heterocycles. The number of nitrogens with zero attached hydrogens (tertiary/aromatic N) is 5. The molecule has 0 aliphatic rings. The molecule has 0 aliphatic carbocycles. The van der Waals surface area contributed by atoms with Gasteiger partial charge in [-0.2, -0.15) is 10.1 Å². The van der Waals surface area contributed by atoms with Gasteiger partial charge in [-0.05, 0) is 35.7 Å². The van der Waals surface area contributed by atoms with Crippen LogP contribution in [-0.4, -0.2) is 25.8 Å². The number of anilines is 1. The fourth-order valence-electron chi connectivity index (χ4n) is 2.71. The topological polar surface area (TPSA) is 80.6 Å². The van der Waals surface area contributed by atoms with Crippen LogP contribution in [0.15, 0.2) is 52.3 Å². The van der Waals surface area contributed by atoms with Crippen LogP contribution in [0.1, 0.15) is 20.8 Å². The van der Waals surface area contributed by atoms with E-state index >= 15 is 0 Å². The molecule has 1 aromatic carbocycles. The SMILES string of the molecule is CC(C)(C)/C=N\Nc1ccc(-c2c(-c3cc(F)ccc3F)nc3occn23)nn1. The summed E-state index contributed by atoms with van der Waals surface area (Å²) in [5.41, 5.74) is 3.82. The summed E-state index contributed by atoms with van der Waals surface area (Å²) in [5.74, 6) is -0.492. The number of hydrazone groups is 1. The highest BCUT2D eigenvalue weighted by Gasteiger charge is 2.22. The molecular weight excluding hydrogens is 378 g/mol. The lowest BCUT2D eigenvalue weighted by molar-refractivity contribution is 0.594.